The fourth-order valence-corrected chi connectivity index (χ4v) is 4.50. The van der Waals surface area contributed by atoms with Gasteiger partial charge < -0.3 is 14.6 Å². The summed E-state index contributed by atoms with van der Waals surface area (Å²) >= 11 is 0. The maximum atomic E-state index is 14.9. The highest BCUT2D eigenvalue weighted by atomic mass is 19.1. The first kappa shape index (κ1) is 21.6. The molecular weight excluding hydrogens is 437 g/mol. The number of amides is 1. The van der Waals surface area contributed by atoms with Crippen LogP contribution in [0.25, 0.3) is 11.4 Å². The van der Waals surface area contributed by atoms with Crippen LogP contribution < -0.4 is 0 Å². The number of halogens is 1. The van der Waals surface area contributed by atoms with Crippen molar-refractivity contribution in [2.75, 3.05) is 6.54 Å². The molecule has 1 aliphatic rings. The molecule has 0 bridgehead atoms. The minimum Gasteiger partial charge on any atom is -0.505 e. The first-order chi connectivity index (χ1) is 16.5. The first-order valence-corrected chi connectivity index (χ1v) is 10.9. The maximum absolute atomic E-state index is 14.9. The number of carbonyl (C=O) groups is 2. The topological polar surface area (TPSA) is 92.7 Å². The summed E-state index contributed by atoms with van der Waals surface area (Å²) in [5, 5.41) is 11.4. The lowest BCUT2D eigenvalue weighted by Gasteiger charge is -2.25. The van der Waals surface area contributed by atoms with Gasteiger partial charge in [-0.15, -0.1) is 0 Å². The molecule has 1 atom stereocenters. The number of likely N-dealkylation sites (tertiary alicyclic amines) is 1. The third-order valence-electron chi connectivity index (χ3n) is 6.04. The summed E-state index contributed by atoms with van der Waals surface area (Å²) in [6.07, 6.45) is 7.35. The number of pyridine rings is 1. The van der Waals surface area contributed by atoms with E-state index in [4.69, 9.17) is 0 Å². The van der Waals surface area contributed by atoms with Gasteiger partial charge in [-0.05, 0) is 31.5 Å². The largest absolute Gasteiger partial charge is 0.505 e. The number of ketones is 1. The number of aryl methyl sites for hydroxylation is 2. The normalized spacial score (nSPS) is 17.7. The lowest BCUT2D eigenvalue weighted by atomic mass is 9.95. The van der Waals surface area contributed by atoms with Gasteiger partial charge in [-0.2, -0.15) is 0 Å². The average Bonchev–Trinajstić information content (AvgIpc) is 3.52. The van der Waals surface area contributed by atoms with E-state index in [0.29, 0.717) is 30.0 Å². The van der Waals surface area contributed by atoms with E-state index < -0.39 is 23.5 Å². The van der Waals surface area contributed by atoms with E-state index in [1.807, 2.05) is 10.6 Å². The van der Waals surface area contributed by atoms with Crippen molar-refractivity contribution in [3.63, 3.8) is 0 Å². The van der Waals surface area contributed by atoms with Crippen LogP contribution in [0.5, 0.6) is 0 Å². The summed E-state index contributed by atoms with van der Waals surface area (Å²) < 4.78 is 18.4. The summed E-state index contributed by atoms with van der Waals surface area (Å²) in [6, 6.07) is 10.3. The zero-order valence-corrected chi connectivity index (χ0v) is 18.4. The molecule has 0 spiro atoms. The summed E-state index contributed by atoms with van der Waals surface area (Å²) in [5.41, 5.74) is 1.37. The van der Waals surface area contributed by atoms with Crippen LogP contribution in [-0.2, 0) is 16.1 Å². The lowest BCUT2D eigenvalue weighted by molar-refractivity contribution is -0.140. The Morgan fingerprint density at radius 2 is 1.88 bits per heavy atom. The molecule has 0 radical (unpaired) electrons. The quantitative estimate of drug-likeness (QED) is 0.271. The molecule has 34 heavy (non-hydrogen) atoms. The van der Waals surface area contributed by atoms with Gasteiger partial charge in [0.2, 0.25) is 0 Å². The Kier molecular flexibility index (Phi) is 5.45. The SMILES string of the molecule is Cc1nc2ccccn2c1/C(O)=C1\C(=O)C(=O)N(CCCn2ccnc2)C1c1ccccc1F. The molecule has 0 aliphatic carbocycles. The number of benzene rings is 1. The number of hydrogen-bond acceptors (Lipinski definition) is 5. The molecule has 4 heterocycles. The van der Waals surface area contributed by atoms with Crippen LogP contribution in [0.3, 0.4) is 0 Å². The molecule has 1 amide bonds. The number of Topliss-reactive ketones (excluding diaryl/α,β-unsaturated/α-hetero) is 1. The zero-order valence-electron chi connectivity index (χ0n) is 18.4. The van der Waals surface area contributed by atoms with E-state index in [9.17, 15) is 19.1 Å². The number of fused-ring (bicyclic) bond motifs is 1. The van der Waals surface area contributed by atoms with Crippen molar-refractivity contribution in [3.8, 4) is 0 Å². The molecule has 9 heteroatoms. The Hall–Kier alpha value is -4.27. The van der Waals surface area contributed by atoms with Crippen LogP contribution >= 0.6 is 0 Å². The second kappa shape index (κ2) is 8.58. The predicted octanol–water partition coefficient (Wildman–Crippen LogP) is 3.49. The van der Waals surface area contributed by atoms with Crippen LogP contribution in [0.4, 0.5) is 4.39 Å². The Bertz CT molecular complexity index is 1420. The second-order valence-electron chi connectivity index (χ2n) is 8.14. The summed E-state index contributed by atoms with van der Waals surface area (Å²) in [6.45, 7) is 2.48. The van der Waals surface area contributed by atoms with Crippen LogP contribution in [0.1, 0.15) is 29.4 Å². The molecule has 1 N–H and O–H groups in total. The smallest absolute Gasteiger partial charge is 0.295 e. The molecule has 0 saturated carbocycles. The molecule has 3 aromatic heterocycles. The second-order valence-corrected chi connectivity index (χ2v) is 8.14. The van der Waals surface area contributed by atoms with E-state index in [0.717, 1.165) is 0 Å². The number of aliphatic hydroxyl groups excluding tert-OH is 1. The van der Waals surface area contributed by atoms with Gasteiger partial charge >= 0.3 is 0 Å². The molecule has 1 aliphatic heterocycles. The molecule has 1 fully saturated rings. The summed E-state index contributed by atoms with van der Waals surface area (Å²) in [5.74, 6) is -2.56. The Balaban J connectivity index is 1.62. The van der Waals surface area contributed by atoms with Crippen LogP contribution in [-0.4, -0.2) is 47.2 Å². The molecule has 1 saturated heterocycles. The number of rotatable bonds is 6. The molecule has 8 nitrogen and oxygen atoms in total. The van der Waals surface area contributed by atoms with Gasteiger partial charge in [0.1, 0.15) is 17.2 Å². The van der Waals surface area contributed by atoms with E-state index in [1.54, 1.807) is 60.5 Å². The van der Waals surface area contributed by atoms with Gasteiger partial charge in [0.05, 0.1) is 23.6 Å². The van der Waals surface area contributed by atoms with Gasteiger partial charge in [0.25, 0.3) is 11.7 Å². The Labute approximate surface area is 194 Å². The van der Waals surface area contributed by atoms with Gasteiger partial charge in [0, 0.05) is 37.2 Å². The molecular formula is C25H22FN5O3. The maximum Gasteiger partial charge on any atom is 0.295 e. The molecule has 4 aromatic rings. The molecule has 5 rings (SSSR count). The van der Waals surface area contributed by atoms with Crippen LogP contribution in [0.2, 0.25) is 0 Å². The van der Waals surface area contributed by atoms with E-state index in [1.165, 1.54) is 17.0 Å². The predicted molar refractivity (Wildman–Crippen MR) is 122 cm³/mol. The van der Waals surface area contributed by atoms with Crippen LogP contribution in [0, 0.1) is 12.7 Å². The summed E-state index contributed by atoms with van der Waals surface area (Å²) in [7, 11) is 0. The number of hydrogen-bond donors (Lipinski definition) is 1. The van der Waals surface area contributed by atoms with Crippen molar-refractivity contribution in [1.82, 2.24) is 23.8 Å². The highest BCUT2D eigenvalue weighted by molar-refractivity contribution is 6.46. The van der Waals surface area contributed by atoms with Gasteiger partial charge in [-0.3, -0.25) is 14.0 Å². The van der Waals surface area contributed by atoms with Crippen molar-refractivity contribution in [3.05, 3.63) is 95.7 Å². The third kappa shape index (κ3) is 3.55. The Morgan fingerprint density at radius 1 is 1.09 bits per heavy atom. The molecule has 172 valence electrons. The van der Waals surface area contributed by atoms with Gasteiger partial charge in [-0.25, -0.2) is 14.4 Å². The van der Waals surface area contributed by atoms with Crippen LogP contribution in [0.15, 0.2) is 73.0 Å². The fraction of sp³-hybridized carbons (Fsp3) is 0.200. The number of nitrogens with zero attached hydrogens (tertiary/aromatic N) is 5. The number of aromatic nitrogens is 4. The molecule has 1 aromatic carbocycles. The van der Waals surface area contributed by atoms with E-state index in [-0.39, 0.29) is 23.4 Å². The van der Waals surface area contributed by atoms with E-state index in [2.05, 4.69) is 9.97 Å². The zero-order chi connectivity index (χ0) is 23.8. The van der Waals surface area contributed by atoms with Crippen molar-refractivity contribution < 1.29 is 19.1 Å². The van der Waals surface area contributed by atoms with Crippen molar-refractivity contribution >= 4 is 23.1 Å². The van der Waals surface area contributed by atoms with Gasteiger partial charge in [0.15, 0.2) is 5.76 Å². The number of carbonyl (C=O) groups excluding carboxylic acids is 2. The minimum absolute atomic E-state index is 0.147. The average molecular weight is 459 g/mol. The van der Waals surface area contributed by atoms with E-state index >= 15 is 0 Å². The highest BCUT2D eigenvalue weighted by Gasteiger charge is 2.47. The van der Waals surface area contributed by atoms with Crippen molar-refractivity contribution in [2.45, 2.75) is 25.9 Å². The molecule has 1 unspecified atom stereocenters. The highest BCUT2D eigenvalue weighted by Crippen LogP contribution is 2.40. The number of imidazole rings is 2. The van der Waals surface area contributed by atoms with Gasteiger partial charge in [-0.1, -0.05) is 24.3 Å². The Morgan fingerprint density at radius 3 is 2.65 bits per heavy atom. The van der Waals surface area contributed by atoms with Crippen molar-refractivity contribution in [1.29, 1.82) is 0 Å². The monoisotopic (exact) mass is 459 g/mol. The van der Waals surface area contributed by atoms with Crippen molar-refractivity contribution in [2.24, 2.45) is 0 Å². The number of aliphatic hydroxyl groups is 1. The standard InChI is InChI=1S/C25H22FN5O3/c1-16-21(30-12-5-4-9-19(30)28-16)23(32)20-22(17-7-2-3-8-18(17)26)31(25(34)24(20)33)13-6-11-29-14-10-27-15-29/h2-5,7-10,12,14-15,22,32H,6,11,13H2,1H3/b23-20+. The lowest BCUT2D eigenvalue weighted by Crippen LogP contribution is -2.31. The minimum atomic E-state index is -1.06. The third-order valence-corrected chi connectivity index (χ3v) is 6.04. The fourth-order valence-electron chi connectivity index (χ4n) is 4.50. The first-order valence-electron chi connectivity index (χ1n) is 10.9. The summed E-state index contributed by atoms with van der Waals surface area (Å²) in [4.78, 5) is 36.1.